The summed E-state index contributed by atoms with van der Waals surface area (Å²) >= 11 is 0. The molecule has 400 valence electrons. The van der Waals surface area contributed by atoms with Gasteiger partial charge in [-0.25, -0.2) is 0 Å². The first-order chi connectivity index (χ1) is 33.7. The largest absolute Gasteiger partial charge is 0.454 e. The summed E-state index contributed by atoms with van der Waals surface area (Å²) in [5.41, 5.74) is 0. The van der Waals surface area contributed by atoms with Gasteiger partial charge in [-0.05, 0) is 70.6 Å². The number of hydrogen-bond donors (Lipinski definition) is 6. The minimum Gasteiger partial charge on any atom is -0.454 e. The van der Waals surface area contributed by atoms with Crippen molar-refractivity contribution in [2.24, 2.45) is 0 Å². The van der Waals surface area contributed by atoms with Gasteiger partial charge in [-0.3, -0.25) is 9.59 Å². The fraction of sp³-hybridized carbons (Fsp3) is 0.793. The Morgan fingerprint density at radius 2 is 1.06 bits per heavy atom. The lowest BCUT2D eigenvalue weighted by Crippen LogP contribution is -2.61. The Morgan fingerprint density at radius 1 is 0.580 bits per heavy atom. The third kappa shape index (κ3) is 35.2. The summed E-state index contributed by atoms with van der Waals surface area (Å²) in [6, 6.07) is -1.03. The number of esters is 1. The molecule has 0 radical (unpaired) electrons. The van der Waals surface area contributed by atoms with E-state index in [-0.39, 0.29) is 19.4 Å². The quantitative estimate of drug-likeness (QED) is 0.0149. The highest BCUT2D eigenvalue weighted by Crippen LogP contribution is 2.26. The number of aliphatic hydroxyl groups excluding tert-OH is 5. The second-order valence-electron chi connectivity index (χ2n) is 19.3. The lowest BCUT2D eigenvalue weighted by atomic mass is 9.99. The molecule has 0 saturated carbocycles. The van der Waals surface area contributed by atoms with Crippen LogP contribution in [0, 0.1) is 0 Å². The van der Waals surface area contributed by atoms with Gasteiger partial charge in [0.1, 0.15) is 24.4 Å². The Hall–Kier alpha value is -2.64. The molecule has 69 heavy (non-hydrogen) atoms. The van der Waals surface area contributed by atoms with E-state index in [1.165, 1.54) is 96.3 Å². The number of nitrogens with one attached hydrogen (secondary N) is 1. The zero-order valence-corrected chi connectivity index (χ0v) is 43.9. The van der Waals surface area contributed by atoms with E-state index in [4.69, 9.17) is 14.2 Å². The number of unbranched alkanes of at least 4 members (excludes halogenated alkanes) is 26. The van der Waals surface area contributed by atoms with Gasteiger partial charge in [-0.1, -0.05) is 216 Å². The number of rotatable bonds is 46. The first kappa shape index (κ1) is 64.4. The summed E-state index contributed by atoms with van der Waals surface area (Å²) in [7, 11) is 0. The number of aliphatic hydroxyl groups is 5. The van der Waals surface area contributed by atoms with E-state index in [2.05, 4.69) is 62.5 Å². The number of carbonyl (C=O) groups excluding carboxylic acids is 2. The molecule has 1 fully saturated rings. The van der Waals surface area contributed by atoms with Crippen molar-refractivity contribution >= 4 is 11.9 Å². The Kier molecular flexibility index (Phi) is 43.3. The molecule has 1 aliphatic rings. The van der Waals surface area contributed by atoms with E-state index >= 15 is 0 Å². The van der Waals surface area contributed by atoms with Crippen LogP contribution in [0.25, 0.3) is 0 Å². The fourth-order valence-electron chi connectivity index (χ4n) is 8.47. The average Bonchev–Trinajstić information content (AvgIpc) is 3.34. The highest BCUT2D eigenvalue weighted by Gasteiger charge is 2.47. The van der Waals surface area contributed by atoms with Gasteiger partial charge >= 0.3 is 5.97 Å². The molecule has 1 heterocycles. The normalized spacial score (nSPS) is 20.3. The maximum atomic E-state index is 13.3. The van der Waals surface area contributed by atoms with Crippen molar-refractivity contribution in [2.75, 3.05) is 13.2 Å². The Morgan fingerprint density at radius 3 is 1.59 bits per heavy atom. The summed E-state index contributed by atoms with van der Waals surface area (Å²) in [6.07, 6.45) is 45.5. The molecule has 0 aromatic rings. The second kappa shape index (κ2) is 46.4. The predicted molar refractivity (Wildman–Crippen MR) is 283 cm³/mol. The molecule has 8 unspecified atom stereocenters. The third-order valence-electron chi connectivity index (χ3n) is 13.0. The lowest BCUT2D eigenvalue weighted by Gasteiger charge is -2.41. The van der Waals surface area contributed by atoms with Crippen molar-refractivity contribution in [3.05, 3.63) is 60.8 Å². The minimum atomic E-state index is -1.62. The molecule has 8 atom stereocenters. The van der Waals surface area contributed by atoms with Crippen LogP contribution in [0.2, 0.25) is 0 Å². The molecule has 0 spiro atoms. The fourth-order valence-corrected chi connectivity index (χ4v) is 8.47. The first-order valence-corrected chi connectivity index (χ1v) is 28.1. The standard InChI is InChI=1S/C58H103NO10/c1-4-7-10-13-16-19-22-25-27-30-33-36-39-42-45-51(62)57(66)59-49(50(61)44-41-38-35-32-29-24-21-18-15-12-9-6-3)48-67-58-56(55(65)54(64)52(47-60)68-58)69-53(63)46-43-40-37-34-31-28-26-23-20-17-14-11-8-5-2/h7,10,13,16,19,22,28,31,41,44,49-52,54-56,58,60-62,64-65H,4-6,8-9,11-12,14-15,17-18,20-21,23-27,29-30,32-40,42-43,45-48H2,1-3H3,(H,59,66)/b10-7+,16-13+,22-19+,31-28-,44-41+. The van der Waals surface area contributed by atoms with Crippen LogP contribution in [0.15, 0.2) is 60.8 Å². The summed E-state index contributed by atoms with van der Waals surface area (Å²) in [5.74, 6) is -1.23. The average molecular weight is 974 g/mol. The molecule has 0 aliphatic carbocycles. The van der Waals surface area contributed by atoms with Crippen molar-refractivity contribution in [2.45, 2.75) is 282 Å². The monoisotopic (exact) mass is 974 g/mol. The Bertz CT molecular complexity index is 1350. The highest BCUT2D eigenvalue weighted by molar-refractivity contribution is 5.80. The zero-order valence-electron chi connectivity index (χ0n) is 43.9. The van der Waals surface area contributed by atoms with Crippen LogP contribution in [0.5, 0.6) is 0 Å². The van der Waals surface area contributed by atoms with E-state index in [1.807, 2.05) is 18.2 Å². The van der Waals surface area contributed by atoms with Gasteiger partial charge in [0.15, 0.2) is 12.4 Å². The summed E-state index contributed by atoms with van der Waals surface area (Å²) in [5, 5.41) is 56.7. The molecule has 6 N–H and O–H groups in total. The molecule has 0 bridgehead atoms. The van der Waals surface area contributed by atoms with Crippen LogP contribution in [0.1, 0.15) is 233 Å². The smallest absolute Gasteiger partial charge is 0.306 e. The van der Waals surface area contributed by atoms with Gasteiger partial charge in [0.05, 0.1) is 25.4 Å². The van der Waals surface area contributed by atoms with Gasteiger partial charge in [0, 0.05) is 6.42 Å². The van der Waals surface area contributed by atoms with E-state index in [1.54, 1.807) is 6.08 Å². The number of hydrogen-bond acceptors (Lipinski definition) is 10. The van der Waals surface area contributed by atoms with Gasteiger partial charge in [-0.15, -0.1) is 0 Å². The Balaban J connectivity index is 2.77. The van der Waals surface area contributed by atoms with Crippen LogP contribution in [-0.4, -0.2) is 99.6 Å². The molecule has 0 aromatic carbocycles. The van der Waals surface area contributed by atoms with Crippen LogP contribution in [0.4, 0.5) is 0 Å². The minimum absolute atomic E-state index is 0.101. The lowest BCUT2D eigenvalue weighted by molar-refractivity contribution is -0.305. The molecule has 0 aromatic heterocycles. The van der Waals surface area contributed by atoms with Crippen molar-refractivity contribution in [3.63, 3.8) is 0 Å². The molecule has 11 nitrogen and oxygen atoms in total. The van der Waals surface area contributed by atoms with Gasteiger partial charge in [0.2, 0.25) is 5.91 Å². The van der Waals surface area contributed by atoms with E-state index in [9.17, 15) is 35.1 Å². The number of carbonyl (C=O) groups is 2. The zero-order chi connectivity index (χ0) is 50.4. The molecule has 1 aliphatic heterocycles. The van der Waals surface area contributed by atoms with Crippen molar-refractivity contribution in [1.82, 2.24) is 5.32 Å². The number of allylic oxidation sites excluding steroid dienone is 9. The molecule has 1 saturated heterocycles. The van der Waals surface area contributed by atoms with Crippen molar-refractivity contribution in [3.8, 4) is 0 Å². The summed E-state index contributed by atoms with van der Waals surface area (Å²) in [6.45, 7) is 5.61. The third-order valence-corrected chi connectivity index (χ3v) is 13.0. The van der Waals surface area contributed by atoms with E-state index < -0.39 is 67.4 Å². The number of amides is 1. The van der Waals surface area contributed by atoms with Gasteiger partial charge in [-0.2, -0.15) is 0 Å². The number of ether oxygens (including phenoxy) is 3. The molecule has 1 rings (SSSR count). The summed E-state index contributed by atoms with van der Waals surface area (Å²) in [4.78, 5) is 26.4. The second-order valence-corrected chi connectivity index (χ2v) is 19.3. The van der Waals surface area contributed by atoms with E-state index in [0.29, 0.717) is 12.8 Å². The molecular formula is C58H103NO10. The van der Waals surface area contributed by atoms with Crippen LogP contribution >= 0.6 is 0 Å². The van der Waals surface area contributed by atoms with Gasteiger partial charge < -0.3 is 45.1 Å². The molecule has 11 heteroatoms. The topological polar surface area (TPSA) is 175 Å². The van der Waals surface area contributed by atoms with Crippen molar-refractivity contribution in [1.29, 1.82) is 0 Å². The highest BCUT2D eigenvalue weighted by atomic mass is 16.7. The SMILES string of the molecule is CC/C=C/C=C/C=C/CCCCCCCCC(O)C(=O)NC(COC1OC(CO)C(O)C(O)C1OC(=O)CCCCC/C=C\CCCCCCCCC)C(O)/C=C/CCCCCCCCCCCC. The molecule has 1 amide bonds. The van der Waals surface area contributed by atoms with Crippen LogP contribution in [-0.2, 0) is 23.8 Å². The molecular weight excluding hydrogens is 871 g/mol. The predicted octanol–water partition coefficient (Wildman–Crippen LogP) is 12.3. The Labute approximate surface area is 420 Å². The van der Waals surface area contributed by atoms with Crippen LogP contribution in [0.3, 0.4) is 0 Å². The van der Waals surface area contributed by atoms with E-state index in [0.717, 1.165) is 89.9 Å². The summed E-state index contributed by atoms with van der Waals surface area (Å²) < 4.78 is 17.5. The van der Waals surface area contributed by atoms with Gasteiger partial charge in [0.25, 0.3) is 0 Å². The van der Waals surface area contributed by atoms with Crippen molar-refractivity contribution < 1.29 is 49.3 Å². The maximum absolute atomic E-state index is 13.3. The van der Waals surface area contributed by atoms with Crippen LogP contribution < -0.4 is 5.32 Å². The first-order valence-electron chi connectivity index (χ1n) is 28.1. The maximum Gasteiger partial charge on any atom is 0.306 e.